The van der Waals surface area contributed by atoms with Crippen molar-refractivity contribution >= 4 is 5.91 Å². The number of rotatable bonds is 1. The van der Waals surface area contributed by atoms with Crippen molar-refractivity contribution in [1.82, 2.24) is 0 Å². The monoisotopic (exact) mass is 229 g/mol. The first-order valence-corrected chi connectivity index (χ1v) is 12.3. The number of amides is 1. The van der Waals surface area contributed by atoms with Gasteiger partial charge < -0.3 is 0 Å². The van der Waals surface area contributed by atoms with Crippen LogP contribution in [-0.2, 0) is 11.3 Å². The summed E-state index contributed by atoms with van der Waals surface area (Å²) < 4.78 is 0.332. The Hall–Kier alpha value is -0.0105. The van der Waals surface area contributed by atoms with E-state index in [-0.39, 0.29) is 5.91 Å². The van der Waals surface area contributed by atoms with Gasteiger partial charge >= 0.3 is 70.6 Å². The predicted molar refractivity (Wildman–Crippen MR) is 45.6 cm³/mol. The van der Waals surface area contributed by atoms with Crippen LogP contribution in [0.15, 0.2) is 0 Å². The molecule has 10 aliphatic heterocycles. The number of hydrogen-bond acceptors (Lipinski definition) is 1. The fourth-order valence-electron chi connectivity index (χ4n) is 16.9. The maximum atomic E-state index is 12.0. The van der Waals surface area contributed by atoms with Gasteiger partial charge in [-0.1, -0.05) is 0 Å². The average Bonchev–Trinajstić information content (AvgIpc) is 3.13. The van der Waals surface area contributed by atoms with E-state index in [9.17, 15) is 4.79 Å². The molecule has 1 amide bonds. The molecule has 1 spiro atoms. The molecule has 0 aromatic heterocycles. The van der Waals surface area contributed by atoms with Crippen LogP contribution in [0.2, 0.25) is 47.7 Å². The van der Waals surface area contributed by atoms with Crippen LogP contribution in [0.25, 0.3) is 0 Å². The van der Waals surface area contributed by atoms with E-state index in [0.29, 0.717) is 4.31 Å². The first-order chi connectivity index (χ1) is 6.49. The van der Waals surface area contributed by atoms with Crippen LogP contribution in [0.4, 0.5) is 0 Å². The second-order valence-corrected chi connectivity index (χ2v) is 33.6. The molecule has 0 aromatic carbocycles. The molecular weight excluding hydrogens is 218 g/mol. The number of nitrogens with two attached hydrogens (primary N) is 1. The summed E-state index contributed by atoms with van der Waals surface area (Å²) >= 11 is 0. The van der Waals surface area contributed by atoms with Crippen molar-refractivity contribution < 1.29 is 11.3 Å². The van der Waals surface area contributed by atoms with Crippen LogP contribution in [0, 0.1) is 0 Å². The number of hydrogen-bond donors (Lipinski definition) is 1. The second-order valence-electron chi connectivity index (χ2n) is 10.0. The summed E-state index contributed by atoms with van der Waals surface area (Å²) in [6.07, 6.45) is 0. The molecule has 14 heavy (non-hydrogen) atoms. The predicted octanol–water partition coefficient (Wildman–Crippen LogP) is 2.23. The second kappa shape index (κ2) is 0.285. The molecule has 0 saturated carbocycles. The first-order valence-electron chi connectivity index (χ1n) is 6.00. The van der Waals surface area contributed by atoms with E-state index in [1.807, 2.05) is 0 Å². The van der Waals surface area contributed by atoms with Crippen LogP contribution in [0.5, 0.6) is 0 Å². The SMILES string of the molecule is NC(=O)[C]12[CH]3[CH]4[CH]5[CH]1[Fe]45321678[CH]2[CH]1[CH]6[CH]7[CH]28. The zero-order valence-electron chi connectivity index (χ0n) is 7.54. The van der Waals surface area contributed by atoms with Gasteiger partial charge in [0.2, 0.25) is 0 Å². The van der Waals surface area contributed by atoms with E-state index in [2.05, 4.69) is 0 Å². The van der Waals surface area contributed by atoms with Gasteiger partial charge in [0.25, 0.3) is 0 Å². The number of fused-ring (bicyclic) bond motifs is 10. The molecule has 3 heteroatoms. The zero-order chi connectivity index (χ0) is 8.59. The summed E-state index contributed by atoms with van der Waals surface area (Å²) in [6, 6.07) is 0. The Kier molecular flexibility index (Phi) is 0.0908. The van der Waals surface area contributed by atoms with Gasteiger partial charge in [-0.05, 0) is 0 Å². The van der Waals surface area contributed by atoms with Crippen molar-refractivity contribution in [2.24, 2.45) is 5.73 Å². The van der Waals surface area contributed by atoms with E-state index < -0.39 is 6.51 Å². The fourth-order valence-corrected chi connectivity index (χ4v) is 90.6. The van der Waals surface area contributed by atoms with Crippen LogP contribution in [0.1, 0.15) is 0 Å². The van der Waals surface area contributed by atoms with E-state index in [1.165, 1.54) is 33.7 Å². The van der Waals surface area contributed by atoms with Crippen molar-refractivity contribution in [3.63, 3.8) is 0 Å². The van der Waals surface area contributed by atoms with Gasteiger partial charge in [0.1, 0.15) is 0 Å². The van der Waals surface area contributed by atoms with Gasteiger partial charge in [-0.3, -0.25) is 0 Å². The number of primary amides is 1. The number of carbonyl (C=O) groups is 1. The van der Waals surface area contributed by atoms with Gasteiger partial charge in [-0.15, -0.1) is 0 Å². The van der Waals surface area contributed by atoms with Gasteiger partial charge in [-0.2, -0.15) is 0 Å². The standard InChI is InChI=1S/C6H6NO.C5H5.Fe/c7-6(8)5-3-1-2-4-5;1-2-4-5-3-1;/h1-4H,(H2,7,8);1-5H;. The quantitative estimate of drug-likeness (QED) is 0.688. The Morgan fingerprint density at radius 2 is 1.36 bits per heavy atom. The molecule has 0 aromatic rings. The van der Waals surface area contributed by atoms with E-state index in [0.717, 1.165) is 9.63 Å². The third kappa shape index (κ3) is 0.0302. The molecule has 10 heterocycles. The van der Waals surface area contributed by atoms with Crippen molar-refractivity contribution in [1.29, 1.82) is 0 Å². The van der Waals surface area contributed by atoms with Gasteiger partial charge in [0, 0.05) is 0 Å². The van der Waals surface area contributed by atoms with Crippen molar-refractivity contribution in [2.45, 2.75) is 47.7 Å². The Bertz CT molecular complexity index is 849. The summed E-state index contributed by atoms with van der Waals surface area (Å²) in [7, 11) is 0. The molecule has 10 rings (SSSR count). The fraction of sp³-hybridized carbons (Fsp3) is 0.909. The molecule has 74 valence electrons. The minimum absolute atomic E-state index is 0.226. The summed E-state index contributed by atoms with van der Waals surface area (Å²) in [6.45, 7) is -3.06. The Morgan fingerprint density at radius 3 is 1.43 bits per heavy atom. The molecule has 10 fully saturated rings. The Balaban J connectivity index is 1.98. The summed E-state index contributed by atoms with van der Waals surface area (Å²) in [5.74, 6) is 0.226. The van der Waals surface area contributed by atoms with E-state index in [4.69, 9.17) is 5.73 Å². The number of carbonyl (C=O) groups excluding carboxylic acids is 1. The minimum atomic E-state index is -3.06. The third-order valence-corrected chi connectivity index (χ3v) is 57.4. The molecule has 10 saturated heterocycles. The Morgan fingerprint density at radius 1 is 0.929 bits per heavy atom. The summed E-state index contributed by atoms with van der Waals surface area (Å²) in [4.78, 5) is 22.9. The van der Waals surface area contributed by atoms with Crippen LogP contribution in [0.3, 0.4) is 0 Å². The molecule has 0 bridgehead atoms. The molecule has 2 nitrogen and oxygen atoms in total. The van der Waals surface area contributed by atoms with Gasteiger partial charge in [0.05, 0.1) is 0 Å². The molecule has 0 aliphatic carbocycles. The summed E-state index contributed by atoms with van der Waals surface area (Å²) in [5, 5.41) is 0. The van der Waals surface area contributed by atoms with Crippen molar-refractivity contribution in [3.05, 3.63) is 0 Å². The van der Waals surface area contributed by atoms with Crippen LogP contribution < -0.4 is 5.73 Å². The molecule has 0 radical (unpaired) electrons. The van der Waals surface area contributed by atoms with Crippen LogP contribution >= 0.6 is 0 Å². The first kappa shape index (κ1) is 4.47. The molecule has 2 N–H and O–H groups in total. The average molecular weight is 229 g/mol. The molecule has 10 aliphatic rings. The zero-order valence-corrected chi connectivity index (χ0v) is 8.64. The topological polar surface area (TPSA) is 43.1 Å². The van der Waals surface area contributed by atoms with Crippen molar-refractivity contribution in [2.75, 3.05) is 0 Å². The van der Waals surface area contributed by atoms with E-state index >= 15 is 0 Å². The summed E-state index contributed by atoms with van der Waals surface area (Å²) in [5.41, 5.74) is 5.87. The van der Waals surface area contributed by atoms with Gasteiger partial charge in [0.15, 0.2) is 0 Å². The molecule has 4 unspecified atom stereocenters. The Labute approximate surface area is 70.9 Å². The van der Waals surface area contributed by atoms with E-state index in [1.54, 1.807) is 0 Å². The van der Waals surface area contributed by atoms with Crippen LogP contribution in [-0.4, -0.2) is 5.91 Å². The molecule has 4 atom stereocenters. The maximum absolute atomic E-state index is 12.0. The third-order valence-electron chi connectivity index (χ3n) is 15.1. The van der Waals surface area contributed by atoms with Crippen molar-refractivity contribution in [3.8, 4) is 0 Å². The molecular formula is C11H11FeNO. The van der Waals surface area contributed by atoms with Gasteiger partial charge in [-0.25, -0.2) is 0 Å². The normalized spacial score (nSPS) is 142.